The van der Waals surface area contributed by atoms with Gasteiger partial charge in [-0.05, 0) is 39.0 Å². The van der Waals surface area contributed by atoms with E-state index in [1.165, 1.54) is 0 Å². The number of ketones is 1. The summed E-state index contributed by atoms with van der Waals surface area (Å²) in [6.45, 7) is 6.19. The van der Waals surface area contributed by atoms with E-state index in [0.717, 1.165) is 16.5 Å². The van der Waals surface area contributed by atoms with Crippen LogP contribution in [-0.2, 0) is 0 Å². The number of carbonyl (C=O) groups is 1. The van der Waals surface area contributed by atoms with Gasteiger partial charge in [0.25, 0.3) is 0 Å². The number of fused-ring (bicyclic) bond motifs is 2. The molecule has 0 saturated heterocycles. The summed E-state index contributed by atoms with van der Waals surface area (Å²) < 4.78 is 6.28. The molecular weight excluding hydrogens is 324 g/mol. The van der Waals surface area contributed by atoms with Gasteiger partial charge in [-0.15, -0.1) is 0 Å². The topological polar surface area (TPSA) is 54.1 Å². The molecule has 0 amide bonds. The molecule has 1 unspecified atom stereocenters. The van der Waals surface area contributed by atoms with Gasteiger partial charge in [0.05, 0.1) is 11.1 Å². The van der Waals surface area contributed by atoms with Gasteiger partial charge in [0.1, 0.15) is 5.75 Å². The Kier molecular flexibility index (Phi) is 3.83. The molecule has 1 aliphatic rings. The second kappa shape index (κ2) is 6.06. The molecule has 132 valence electrons. The van der Waals surface area contributed by atoms with E-state index in [2.05, 4.69) is 31.1 Å². The highest BCUT2D eigenvalue weighted by atomic mass is 16.5. The molecule has 3 aromatic rings. The zero-order valence-corrected chi connectivity index (χ0v) is 15.2. The minimum atomic E-state index is -0.455. The average Bonchev–Trinajstić information content (AvgIpc) is 3.04. The molecule has 26 heavy (non-hydrogen) atoms. The van der Waals surface area contributed by atoms with Crippen molar-refractivity contribution in [3.05, 3.63) is 77.6 Å². The van der Waals surface area contributed by atoms with Crippen LogP contribution in [0.1, 0.15) is 42.8 Å². The SMILES string of the molecule is CC(C)(C)NC=C1C(=O)c2ccccc2OC1c1c[nH]c2ccccc12. The number of Topliss-reactive ketones (excluding diaryl/α,β-unsaturated/α-hetero) is 1. The molecule has 1 aromatic heterocycles. The van der Waals surface area contributed by atoms with Crippen molar-refractivity contribution in [3.63, 3.8) is 0 Å². The maximum absolute atomic E-state index is 13.2. The number of carbonyl (C=O) groups excluding carboxylic acids is 1. The van der Waals surface area contributed by atoms with Crippen LogP contribution in [0.3, 0.4) is 0 Å². The van der Waals surface area contributed by atoms with Crippen molar-refractivity contribution in [2.24, 2.45) is 0 Å². The van der Waals surface area contributed by atoms with Crippen molar-refractivity contribution in [1.29, 1.82) is 0 Å². The highest BCUT2D eigenvalue weighted by Gasteiger charge is 2.34. The number of hydrogen-bond donors (Lipinski definition) is 2. The summed E-state index contributed by atoms with van der Waals surface area (Å²) in [5.74, 6) is 0.625. The van der Waals surface area contributed by atoms with E-state index in [4.69, 9.17) is 4.74 Å². The number of nitrogens with one attached hydrogen (secondary N) is 2. The van der Waals surface area contributed by atoms with Crippen LogP contribution in [0.25, 0.3) is 10.9 Å². The smallest absolute Gasteiger partial charge is 0.198 e. The number of para-hydroxylation sites is 2. The predicted octanol–water partition coefficient (Wildman–Crippen LogP) is 4.76. The van der Waals surface area contributed by atoms with Crippen molar-refractivity contribution in [3.8, 4) is 5.75 Å². The maximum atomic E-state index is 13.2. The van der Waals surface area contributed by atoms with E-state index in [1.807, 2.05) is 60.9 Å². The first-order valence-corrected chi connectivity index (χ1v) is 8.78. The van der Waals surface area contributed by atoms with Crippen molar-refractivity contribution >= 4 is 16.7 Å². The van der Waals surface area contributed by atoms with Gasteiger partial charge < -0.3 is 15.0 Å². The maximum Gasteiger partial charge on any atom is 0.198 e. The van der Waals surface area contributed by atoms with Gasteiger partial charge in [-0.2, -0.15) is 0 Å². The van der Waals surface area contributed by atoms with Crippen LogP contribution in [0, 0.1) is 0 Å². The van der Waals surface area contributed by atoms with E-state index in [9.17, 15) is 4.79 Å². The van der Waals surface area contributed by atoms with Crippen molar-refractivity contribution in [2.45, 2.75) is 32.4 Å². The summed E-state index contributed by atoms with van der Waals surface area (Å²) in [5, 5.41) is 4.38. The van der Waals surface area contributed by atoms with Crippen LogP contribution in [0.4, 0.5) is 0 Å². The first-order chi connectivity index (χ1) is 12.4. The molecule has 4 nitrogen and oxygen atoms in total. The van der Waals surface area contributed by atoms with E-state index in [-0.39, 0.29) is 11.3 Å². The third-order valence-electron chi connectivity index (χ3n) is 4.49. The Bertz CT molecular complexity index is 1010. The second-order valence-corrected chi connectivity index (χ2v) is 7.61. The standard InChI is InChI=1S/C22H22N2O2/c1-22(2,3)24-13-17-20(25)15-9-5-7-11-19(15)26-21(17)16-12-23-18-10-6-4-8-14(16)18/h4-13,21,23-24H,1-3H3. The van der Waals surface area contributed by atoms with Crippen molar-refractivity contribution < 1.29 is 9.53 Å². The molecule has 2 N–H and O–H groups in total. The van der Waals surface area contributed by atoms with Crippen LogP contribution >= 0.6 is 0 Å². The van der Waals surface area contributed by atoms with Gasteiger partial charge in [-0.3, -0.25) is 4.79 Å². The quantitative estimate of drug-likeness (QED) is 0.658. The lowest BCUT2D eigenvalue weighted by Gasteiger charge is -2.29. The lowest BCUT2D eigenvalue weighted by atomic mass is 9.91. The minimum absolute atomic E-state index is 0.00104. The fourth-order valence-electron chi connectivity index (χ4n) is 3.20. The largest absolute Gasteiger partial charge is 0.480 e. The fraction of sp³-hybridized carbons (Fsp3) is 0.227. The summed E-state index contributed by atoms with van der Waals surface area (Å²) in [6.07, 6.45) is 3.29. The number of benzene rings is 2. The van der Waals surface area contributed by atoms with Crippen molar-refractivity contribution in [1.82, 2.24) is 10.3 Å². The number of rotatable bonds is 2. The van der Waals surface area contributed by atoms with E-state index in [0.29, 0.717) is 16.9 Å². The lowest BCUT2D eigenvalue weighted by Crippen LogP contribution is -2.34. The fourth-order valence-corrected chi connectivity index (χ4v) is 3.20. The zero-order valence-electron chi connectivity index (χ0n) is 15.2. The summed E-state index contributed by atoms with van der Waals surface area (Å²) >= 11 is 0. The van der Waals surface area contributed by atoms with Gasteiger partial charge in [-0.1, -0.05) is 30.3 Å². The summed E-state index contributed by atoms with van der Waals surface area (Å²) in [7, 11) is 0. The normalized spacial score (nSPS) is 18.7. The summed E-state index contributed by atoms with van der Waals surface area (Å²) in [4.78, 5) is 16.5. The Morgan fingerprint density at radius 2 is 1.81 bits per heavy atom. The van der Waals surface area contributed by atoms with Crippen LogP contribution < -0.4 is 10.1 Å². The molecule has 4 rings (SSSR count). The van der Waals surface area contributed by atoms with Crippen LogP contribution in [0.5, 0.6) is 5.75 Å². The van der Waals surface area contributed by atoms with Gasteiger partial charge in [0, 0.05) is 34.4 Å². The molecule has 1 aliphatic heterocycles. The van der Waals surface area contributed by atoms with Crippen LogP contribution in [0.2, 0.25) is 0 Å². The molecule has 0 bridgehead atoms. The predicted molar refractivity (Wildman–Crippen MR) is 103 cm³/mol. The molecular formula is C22H22N2O2. The monoisotopic (exact) mass is 346 g/mol. The molecule has 0 spiro atoms. The van der Waals surface area contributed by atoms with Gasteiger partial charge in [0.2, 0.25) is 0 Å². The average molecular weight is 346 g/mol. The number of aromatic amines is 1. The number of hydrogen-bond acceptors (Lipinski definition) is 3. The Labute approximate surface area is 152 Å². The van der Waals surface area contributed by atoms with Crippen LogP contribution in [0.15, 0.2) is 66.5 Å². The molecule has 0 fully saturated rings. The minimum Gasteiger partial charge on any atom is -0.480 e. The van der Waals surface area contributed by atoms with E-state index in [1.54, 1.807) is 0 Å². The summed E-state index contributed by atoms with van der Waals surface area (Å²) in [6, 6.07) is 15.5. The molecule has 0 aliphatic carbocycles. The highest BCUT2D eigenvalue weighted by molar-refractivity contribution is 6.12. The zero-order chi connectivity index (χ0) is 18.3. The van der Waals surface area contributed by atoms with E-state index >= 15 is 0 Å². The van der Waals surface area contributed by atoms with Crippen LogP contribution in [-0.4, -0.2) is 16.3 Å². The molecule has 0 radical (unpaired) electrons. The van der Waals surface area contributed by atoms with Gasteiger partial charge in [0.15, 0.2) is 11.9 Å². The third kappa shape index (κ3) is 2.88. The first kappa shape index (κ1) is 16.5. The highest BCUT2D eigenvalue weighted by Crippen LogP contribution is 2.40. The first-order valence-electron chi connectivity index (χ1n) is 8.78. The Balaban J connectivity index is 1.86. The molecule has 2 aromatic carbocycles. The Hall–Kier alpha value is -3.01. The molecule has 1 atom stereocenters. The second-order valence-electron chi connectivity index (χ2n) is 7.61. The van der Waals surface area contributed by atoms with Gasteiger partial charge >= 0.3 is 0 Å². The number of aromatic nitrogens is 1. The molecule has 4 heteroatoms. The molecule has 2 heterocycles. The third-order valence-corrected chi connectivity index (χ3v) is 4.49. The van der Waals surface area contributed by atoms with Crippen molar-refractivity contribution in [2.75, 3.05) is 0 Å². The number of ether oxygens (including phenoxy) is 1. The lowest BCUT2D eigenvalue weighted by molar-refractivity contribution is 0.0960. The van der Waals surface area contributed by atoms with E-state index < -0.39 is 6.10 Å². The number of H-pyrrole nitrogens is 1. The Morgan fingerprint density at radius 1 is 1.08 bits per heavy atom. The Morgan fingerprint density at radius 3 is 2.62 bits per heavy atom. The van der Waals surface area contributed by atoms with Gasteiger partial charge in [-0.25, -0.2) is 0 Å². The summed E-state index contributed by atoms with van der Waals surface area (Å²) in [5.41, 5.74) is 3.06. The molecule has 0 saturated carbocycles.